The Labute approximate surface area is 115 Å². The van der Waals surface area contributed by atoms with Crippen molar-refractivity contribution in [2.45, 2.75) is 19.9 Å². The highest BCUT2D eigenvalue weighted by atomic mass is 16.3. The zero-order valence-electron chi connectivity index (χ0n) is 11.3. The lowest BCUT2D eigenvalue weighted by Crippen LogP contribution is -2.39. The van der Waals surface area contributed by atoms with E-state index in [1.165, 1.54) is 6.26 Å². The van der Waals surface area contributed by atoms with Crippen molar-refractivity contribution < 1.29 is 14.0 Å². The van der Waals surface area contributed by atoms with Crippen LogP contribution in [0, 0.1) is 0 Å². The molecule has 0 saturated carbocycles. The second-order valence-corrected chi connectivity index (χ2v) is 4.55. The Balaban J connectivity index is 1.92. The summed E-state index contributed by atoms with van der Waals surface area (Å²) in [4.78, 5) is 23.2. The van der Waals surface area contributed by atoms with Crippen LogP contribution < -0.4 is 10.6 Å². The molecule has 2 aromatic heterocycles. The highest BCUT2D eigenvalue weighted by Gasteiger charge is 2.13. The summed E-state index contributed by atoms with van der Waals surface area (Å²) in [5, 5.41) is 11.8. The van der Waals surface area contributed by atoms with Gasteiger partial charge in [0.05, 0.1) is 12.8 Å². The van der Waals surface area contributed by atoms with E-state index in [1.807, 2.05) is 13.8 Å². The van der Waals surface area contributed by atoms with Gasteiger partial charge in [0.15, 0.2) is 11.5 Å². The fraction of sp³-hybridized carbons (Fsp3) is 0.308. The molecule has 0 fully saturated rings. The van der Waals surface area contributed by atoms with E-state index < -0.39 is 5.91 Å². The minimum absolute atomic E-state index is 0.0374. The number of aromatic nitrogens is 2. The van der Waals surface area contributed by atoms with Crippen LogP contribution in [0.1, 0.15) is 24.3 Å². The molecular formula is C13H16N4O3. The molecule has 2 amide bonds. The van der Waals surface area contributed by atoms with Crippen molar-refractivity contribution in [3.05, 3.63) is 30.2 Å². The average molecular weight is 276 g/mol. The molecule has 0 aromatic carbocycles. The number of nitrogens with zero attached hydrogens (tertiary/aromatic N) is 1. The van der Waals surface area contributed by atoms with Gasteiger partial charge in [-0.2, -0.15) is 5.10 Å². The van der Waals surface area contributed by atoms with Gasteiger partial charge in [-0.25, -0.2) is 0 Å². The van der Waals surface area contributed by atoms with Crippen LogP contribution in [0.2, 0.25) is 0 Å². The molecule has 0 spiro atoms. The van der Waals surface area contributed by atoms with E-state index in [1.54, 1.807) is 18.2 Å². The molecule has 0 aliphatic rings. The van der Waals surface area contributed by atoms with Crippen LogP contribution in [0.25, 0.3) is 11.5 Å². The summed E-state index contributed by atoms with van der Waals surface area (Å²) in [7, 11) is 0. The fourth-order valence-electron chi connectivity index (χ4n) is 1.62. The van der Waals surface area contributed by atoms with Crippen LogP contribution in [0.3, 0.4) is 0 Å². The van der Waals surface area contributed by atoms with Crippen molar-refractivity contribution in [2.24, 2.45) is 0 Å². The zero-order valence-corrected chi connectivity index (χ0v) is 11.3. The smallest absolute Gasteiger partial charge is 0.272 e. The number of rotatable bonds is 5. The largest absolute Gasteiger partial charge is 0.463 e. The Morgan fingerprint density at radius 1 is 1.45 bits per heavy atom. The SMILES string of the molecule is CC(C)NC(=O)CNC(=O)c1cc(-c2ccco2)[nH]n1. The molecule has 0 aliphatic carbocycles. The first-order valence-corrected chi connectivity index (χ1v) is 6.23. The number of carbonyl (C=O) groups excluding carboxylic acids is 2. The van der Waals surface area contributed by atoms with Crippen molar-refractivity contribution in [1.29, 1.82) is 0 Å². The number of carbonyl (C=O) groups is 2. The lowest BCUT2D eigenvalue weighted by atomic mass is 10.3. The Kier molecular flexibility index (Phi) is 4.19. The van der Waals surface area contributed by atoms with Gasteiger partial charge in [0.1, 0.15) is 5.69 Å². The van der Waals surface area contributed by atoms with E-state index in [0.717, 1.165) is 0 Å². The standard InChI is InChI=1S/C13H16N4O3/c1-8(2)15-12(18)7-14-13(19)10-6-9(16-17-10)11-4-3-5-20-11/h3-6,8H,7H2,1-2H3,(H,14,19)(H,15,18)(H,16,17). The van der Waals surface area contributed by atoms with E-state index in [9.17, 15) is 9.59 Å². The van der Waals surface area contributed by atoms with Crippen molar-refractivity contribution in [2.75, 3.05) is 6.54 Å². The molecule has 7 nitrogen and oxygen atoms in total. The predicted octanol–water partition coefficient (Wildman–Crippen LogP) is 0.924. The average Bonchev–Trinajstić information content (AvgIpc) is 3.04. The molecule has 2 heterocycles. The number of H-pyrrole nitrogens is 1. The number of aromatic amines is 1. The monoisotopic (exact) mass is 276 g/mol. The molecule has 0 saturated heterocycles. The molecule has 0 unspecified atom stereocenters. The normalized spacial score (nSPS) is 10.6. The van der Waals surface area contributed by atoms with E-state index in [-0.39, 0.29) is 24.2 Å². The fourth-order valence-corrected chi connectivity index (χ4v) is 1.62. The van der Waals surface area contributed by atoms with Gasteiger partial charge in [-0.3, -0.25) is 14.7 Å². The third-order valence-corrected chi connectivity index (χ3v) is 2.46. The Morgan fingerprint density at radius 3 is 2.90 bits per heavy atom. The summed E-state index contributed by atoms with van der Waals surface area (Å²) in [6, 6.07) is 5.10. The number of hydrogen-bond donors (Lipinski definition) is 3. The molecule has 0 atom stereocenters. The molecule has 2 aromatic rings. The molecular weight excluding hydrogens is 260 g/mol. The first-order chi connectivity index (χ1) is 9.56. The van der Waals surface area contributed by atoms with Crippen molar-refractivity contribution in [3.63, 3.8) is 0 Å². The summed E-state index contributed by atoms with van der Waals surface area (Å²) in [6.45, 7) is 3.62. The van der Waals surface area contributed by atoms with E-state index in [0.29, 0.717) is 11.5 Å². The molecule has 7 heteroatoms. The molecule has 3 N–H and O–H groups in total. The Hall–Kier alpha value is -2.57. The van der Waals surface area contributed by atoms with Crippen LogP contribution in [0.4, 0.5) is 0 Å². The summed E-state index contributed by atoms with van der Waals surface area (Å²) in [5.41, 5.74) is 0.806. The summed E-state index contributed by atoms with van der Waals surface area (Å²) >= 11 is 0. The molecule has 2 rings (SSSR count). The van der Waals surface area contributed by atoms with Crippen LogP contribution in [0.15, 0.2) is 28.9 Å². The highest BCUT2D eigenvalue weighted by Crippen LogP contribution is 2.17. The van der Waals surface area contributed by atoms with E-state index >= 15 is 0 Å². The van der Waals surface area contributed by atoms with Crippen LogP contribution in [-0.2, 0) is 4.79 Å². The van der Waals surface area contributed by atoms with Gasteiger partial charge in [-0.05, 0) is 26.0 Å². The quantitative estimate of drug-likeness (QED) is 0.756. The van der Waals surface area contributed by atoms with E-state index in [4.69, 9.17) is 4.42 Å². The van der Waals surface area contributed by atoms with Crippen molar-refractivity contribution in [3.8, 4) is 11.5 Å². The van der Waals surface area contributed by atoms with Gasteiger partial charge in [0, 0.05) is 12.1 Å². The summed E-state index contributed by atoms with van der Waals surface area (Å²) in [5.74, 6) is -0.0674. The highest BCUT2D eigenvalue weighted by molar-refractivity contribution is 5.95. The third-order valence-electron chi connectivity index (χ3n) is 2.46. The maximum Gasteiger partial charge on any atom is 0.272 e. The van der Waals surface area contributed by atoms with Crippen LogP contribution in [0.5, 0.6) is 0 Å². The number of nitrogens with one attached hydrogen (secondary N) is 3. The van der Waals surface area contributed by atoms with Crippen molar-refractivity contribution >= 4 is 11.8 Å². The van der Waals surface area contributed by atoms with Gasteiger partial charge in [0.2, 0.25) is 5.91 Å². The van der Waals surface area contributed by atoms with Gasteiger partial charge in [-0.15, -0.1) is 0 Å². The van der Waals surface area contributed by atoms with Crippen molar-refractivity contribution in [1.82, 2.24) is 20.8 Å². The molecule has 0 aliphatic heterocycles. The first kappa shape index (κ1) is 13.9. The maximum atomic E-state index is 11.8. The lowest BCUT2D eigenvalue weighted by molar-refractivity contribution is -0.120. The van der Waals surface area contributed by atoms with Gasteiger partial charge in [0.25, 0.3) is 5.91 Å². The minimum Gasteiger partial charge on any atom is -0.463 e. The summed E-state index contributed by atoms with van der Waals surface area (Å²) in [6.07, 6.45) is 1.53. The topological polar surface area (TPSA) is 100 Å². The predicted molar refractivity (Wildman–Crippen MR) is 71.9 cm³/mol. The molecule has 20 heavy (non-hydrogen) atoms. The summed E-state index contributed by atoms with van der Waals surface area (Å²) < 4.78 is 5.19. The van der Waals surface area contributed by atoms with Crippen LogP contribution >= 0.6 is 0 Å². The van der Waals surface area contributed by atoms with Gasteiger partial charge in [-0.1, -0.05) is 0 Å². The number of hydrogen-bond acceptors (Lipinski definition) is 4. The zero-order chi connectivity index (χ0) is 14.5. The second-order valence-electron chi connectivity index (χ2n) is 4.55. The lowest BCUT2D eigenvalue weighted by Gasteiger charge is -2.08. The molecule has 106 valence electrons. The Morgan fingerprint density at radius 2 is 2.25 bits per heavy atom. The van der Waals surface area contributed by atoms with Gasteiger partial charge < -0.3 is 15.1 Å². The first-order valence-electron chi connectivity index (χ1n) is 6.23. The van der Waals surface area contributed by atoms with Gasteiger partial charge >= 0.3 is 0 Å². The van der Waals surface area contributed by atoms with E-state index in [2.05, 4.69) is 20.8 Å². The maximum absolute atomic E-state index is 11.8. The minimum atomic E-state index is -0.419. The molecule has 0 bridgehead atoms. The number of amides is 2. The Bertz CT molecular complexity index is 587. The second kappa shape index (κ2) is 6.05. The van der Waals surface area contributed by atoms with Crippen LogP contribution in [-0.4, -0.2) is 34.6 Å². The third kappa shape index (κ3) is 3.47. The number of furan rings is 1. The molecule has 0 radical (unpaired) electrons.